The van der Waals surface area contributed by atoms with Crippen molar-refractivity contribution < 1.29 is 27.5 Å². The van der Waals surface area contributed by atoms with Crippen LogP contribution in [0.3, 0.4) is 0 Å². The predicted octanol–water partition coefficient (Wildman–Crippen LogP) is 2.54. The molecule has 0 heterocycles. The minimum Gasteiger partial charge on any atom is -0.497 e. The number of hydrogen-bond acceptors (Lipinski definition) is 6. The molecule has 2 aromatic carbocycles. The lowest BCUT2D eigenvalue weighted by Crippen LogP contribution is -2.45. The van der Waals surface area contributed by atoms with Crippen molar-refractivity contribution in [3.05, 3.63) is 60.2 Å². The molecule has 1 atom stereocenters. The number of ether oxygens (including phenoxy) is 2. The third-order valence-corrected chi connectivity index (χ3v) is 5.90. The second-order valence-corrected chi connectivity index (χ2v) is 9.56. The molecule has 0 aliphatic rings. The molecule has 0 aliphatic heterocycles. The normalized spacial score (nSPS) is 12.2. The monoisotopic (exact) mass is 474 g/mol. The van der Waals surface area contributed by atoms with Crippen molar-refractivity contribution in [2.45, 2.75) is 24.3 Å². The maximum absolute atomic E-state index is 12.5. The fraction of sp³-hybridized carbons (Fsp3) is 0.333. The number of carbonyl (C=O) groups is 2. The second kappa shape index (κ2) is 12.1. The van der Waals surface area contributed by atoms with Gasteiger partial charge in [0.25, 0.3) is 0 Å². The first kappa shape index (κ1) is 25.9. The van der Waals surface area contributed by atoms with Crippen molar-refractivity contribution in [1.29, 1.82) is 0 Å². The summed E-state index contributed by atoms with van der Waals surface area (Å²) in [5.74, 6) is 0.595. The van der Waals surface area contributed by atoms with E-state index in [0.29, 0.717) is 25.3 Å². The quantitative estimate of drug-likeness (QED) is 0.397. The van der Waals surface area contributed by atoms with Gasteiger partial charge in [-0.1, -0.05) is 18.2 Å². The molecule has 0 spiro atoms. The molecule has 8 nitrogen and oxygen atoms in total. The molecule has 9 heteroatoms. The van der Waals surface area contributed by atoms with E-state index in [2.05, 4.69) is 5.32 Å². The third-order valence-electron chi connectivity index (χ3n) is 4.79. The summed E-state index contributed by atoms with van der Waals surface area (Å²) in [7, 11) is -0.0614. The standard InChI is InChI=1S/C24H30N2O6S/c1-18(25-23(27)14-11-19-9-12-20(31-3)13-10-19)24(28)26(2)15-6-16-32-21-7-5-8-22(17-21)33(4,29)30/h5,7-14,17-18H,6,15-16H2,1-4H3,(H,25,27)/b14-11+. The zero-order valence-corrected chi connectivity index (χ0v) is 20.1. The number of sulfone groups is 1. The zero-order chi connectivity index (χ0) is 24.4. The highest BCUT2D eigenvalue weighted by atomic mass is 32.2. The fourth-order valence-electron chi connectivity index (χ4n) is 2.94. The number of methoxy groups -OCH3 is 1. The Morgan fingerprint density at radius 2 is 1.82 bits per heavy atom. The van der Waals surface area contributed by atoms with Crippen molar-refractivity contribution in [3.63, 3.8) is 0 Å². The first-order valence-electron chi connectivity index (χ1n) is 10.4. The van der Waals surface area contributed by atoms with Gasteiger partial charge in [0.2, 0.25) is 11.8 Å². The Bertz CT molecular complexity index is 1080. The third kappa shape index (κ3) is 8.61. The lowest BCUT2D eigenvalue weighted by Gasteiger charge is -2.21. The summed E-state index contributed by atoms with van der Waals surface area (Å²) < 4.78 is 33.9. The Hall–Kier alpha value is -3.33. The van der Waals surface area contributed by atoms with E-state index < -0.39 is 15.9 Å². The van der Waals surface area contributed by atoms with Crippen LogP contribution in [0.4, 0.5) is 0 Å². The van der Waals surface area contributed by atoms with Crippen molar-refractivity contribution >= 4 is 27.7 Å². The fourth-order valence-corrected chi connectivity index (χ4v) is 3.59. The smallest absolute Gasteiger partial charge is 0.244 e. The predicted molar refractivity (Wildman–Crippen MR) is 127 cm³/mol. The van der Waals surface area contributed by atoms with Gasteiger partial charge in [0.15, 0.2) is 9.84 Å². The van der Waals surface area contributed by atoms with Gasteiger partial charge in [0.05, 0.1) is 18.6 Å². The zero-order valence-electron chi connectivity index (χ0n) is 19.3. The minimum atomic E-state index is -3.30. The van der Waals surface area contributed by atoms with Crippen LogP contribution in [0.15, 0.2) is 59.5 Å². The van der Waals surface area contributed by atoms with E-state index in [9.17, 15) is 18.0 Å². The van der Waals surface area contributed by atoms with Crippen LogP contribution >= 0.6 is 0 Å². The minimum absolute atomic E-state index is 0.193. The average Bonchev–Trinajstić information content (AvgIpc) is 2.79. The molecule has 0 aromatic heterocycles. The molecule has 0 saturated heterocycles. The van der Waals surface area contributed by atoms with Crippen molar-refractivity contribution in [3.8, 4) is 11.5 Å². The molecule has 0 saturated carbocycles. The molecule has 1 unspecified atom stereocenters. The van der Waals surface area contributed by atoms with Crippen molar-refractivity contribution in [1.82, 2.24) is 10.2 Å². The van der Waals surface area contributed by atoms with Crippen LogP contribution in [0.25, 0.3) is 6.08 Å². The molecular formula is C24H30N2O6S. The molecule has 33 heavy (non-hydrogen) atoms. The number of hydrogen-bond donors (Lipinski definition) is 1. The van der Waals surface area contributed by atoms with Gasteiger partial charge in [-0.2, -0.15) is 0 Å². The summed E-state index contributed by atoms with van der Waals surface area (Å²) in [5, 5.41) is 2.66. The summed E-state index contributed by atoms with van der Waals surface area (Å²) in [5.41, 5.74) is 0.837. The lowest BCUT2D eigenvalue weighted by atomic mass is 10.2. The Balaban J connectivity index is 1.75. The van der Waals surface area contributed by atoms with Crippen LogP contribution in [-0.2, 0) is 19.4 Å². The Kier molecular flexibility index (Phi) is 9.47. The average molecular weight is 475 g/mol. The Labute approximate surface area is 195 Å². The van der Waals surface area contributed by atoms with Crippen LogP contribution < -0.4 is 14.8 Å². The number of nitrogens with one attached hydrogen (secondary N) is 1. The molecule has 0 fully saturated rings. The summed E-state index contributed by atoms with van der Waals surface area (Å²) in [6.45, 7) is 2.37. The van der Waals surface area contributed by atoms with E-state index in [-0.39, 0.29) is 16.7 Å². The number of amides is 2. The first-order chi connectivity index (χ1) is 15.6. The van der Waals surface area contributed by atoms with Crippen LogP contribution in [0.5, 0.6) is 11.5 Å². The topological polar surface area (TPSA) is 102 Å². The van der Waals surface area contributed by atoms with E-state index in [0.717, 1.165) is 17.6 Å². The van der Waals surface area contributed by atoms with Gasteiger partial charge in [0, 0.05) is 25.9 Å². The number of rotatable bonds is 11. The van der Waals surface area contributed by atoms with Gasteiger partial charge < -0.3 is 19.7 Å². The van der Waals surface area contributed by atoms with E-state index in [1.165, 1.54) is 23.1 Å². The summed E-state index contributed by atoms with van der Waals surface area (Å²) >= 11 is 0. The molecule has 2 rings (SSSR count). The molecule has 0 aliphatic carbocycles. The maximum atomic E-state index is 12.5. The van der Waals surface area contributed by atoms with E-state index >= 15 is 0 Å². The summed E-state index contributed by atoms with van der Waals surface area (Å²) in [6, 6.07) is 12.8. The number of nitrogens with zero attached hydrogens (tertiary/aromatic N) is 1. The highest BCUT2D eigenvalue weighted by molar-refractivity contribution is 7.90. The summed E-state index contributed by atoms with van der Waals surface area (Å²) in [6.07, 6.45) is 4.72. The van der Waals surface area contributed by atoms with Gasteiger partial charge in [-0.05, 0) is 55.3 Å². The van der Waals surface area contributed by atoms with Crippen LogP contribution in [0, 0.1) is 0 Å². The van der Waals surface area contributed by atoms with E-state index in [4.69, 9.17) is 9.47 Å². The summed E-state index contributed by atoms with van der Waals surface area (Å²) in [4.78, 5) is 26.4. The molecule has 0 bridgehead atoms. The highest BCUT2D eigenvalue weighted by Gasteiger charge is 2.18. The SMILES string of the molecule is COc1ccc(/C=C/C(=O)NC(C)C(=O)N(C)CCCOc2cccc(S(C)(=O)=O)c2)cc1. The molecule has 178 valence electrons. The Morgan fingerprint density at radius 1 is 1.12 bits per heavy atom. The van der Waals surface area contributed by atoms with Crippen LogP contribution in [-0.4, -0.2) is 64.7 Å². The van der Waals surface area contributed by atoms with E-state index in [1.54, 1.807) is 51.4 Å². The van der Waals surface area contributed by atoms with Gasteiger partial charge in [0.1, 0.15) is 17.5 Å². The maximum Gasteiger partial charge on any atom is 0.244 e. The molecule has 2 amide bonds. The number of likely N-dealkylation sites (N-methyl/N-ethyl adjacent to an activating group) is 1. The second-order valence-electron chi connectivity index (χ2n) is 7.55. The molecule has 2 aromatic rings. The van der Waals surface area contributed by atoms with Gasteiger partial charge in [-0.25, -0.2) is 8.42 Å². The number of benzene rings is 2. The van der Waals surface area contributed by atoms with Gasteiger partial charge in [-0.15, -0.1) is 0 Å². The van der Waals surface area contributed by atoms with E-state index in [1.807, 2.05) is 12.1 Å². The number of carbonyl (C=O) groups excluding carboxylic acids is 2. The van der Waals surface area contributed by atoms with Crippen molar-refractivity contribution in [2.24, 2.45) is 0 Å². The van der Waals surface area contributed by atoms with Crippen LogP contribution in [0.2, 0.25) is 0 Å². The van der Waals surface area contributed by atoms with Gasteiger partial charge >= 0.3 is 0 Å². The largest absolute Gasteiger partial charge is 0.497 e. The first-order valence-corrected chi connectivity index (χ1v) is 12.3. The van der Waals surface area contributed by atoms with Crippen LogP contribution in [0.1, 0.15) is 18.9 Å². The lowest BCUT2D eigenvalue weighted by molar-refractivity contribution is -0.134. The molecule has 0 radical (unpaired) electrons. The highest BCUT2D eigenvalue weighted by Crippen LogP contribution is 2.17. The van der Waals surface area contributed by atoms with Crippen molar-refractivity contribution in [2.75, 3.05) is 33.6 Å². The van der Waals surface area contributed by atoms with Gasteiger partial charge in [-0.3, -0.25) is 9.59 Å². The molecular weight excluding hydrogens is 444 g/mol. The Morgan fingerprint density at radius 3 is 2.45 bits per heavy atom. The molecule has 1 N–H and O–H groups in total.